The maximum absolute atomic E-state index is 13.3. The number of carbonyl (C=O) groups is 1. The Kier molecular flexibility index (Phi) is 9.62. The molecule has 2 N–H and O–H groups in total. The van der Waals surface area contributed by atoms with Crippen LogP contribution in [0.4, 0.5) is 0 Å². The highest BCUT2D eigenvalue weighted by atomic mass is 16.5. The van der Waals surface area contributed by atoms with Gasteiger partial charge in [0.05, 0.1) is 19.1 Å². The highest BCUT2D eigenvalue weighted by Crippen LogP contribution is 2.19. The van der Waals surface area contributed by atoms with E-state index in [-0.39, 0.29) is 11.8 Å². The van der Waals surface area contributed by atoms with Gasteiger partial charge in [-0.25, -0.2) is 0 Å². The number of rotatable bonds is 8. The lowest BCUT2D eigenvalue weighted by Crippen LogP contribution is -2.48. The topological polar surface area (TPSA) is 69.2 Å². The Balaban J connectivity index is 1.54. The molecule has 2 fully saturated rings. The van der Waals surface area contributed by atoms with Crippen LogP contribution in [0.15, 0.2) is 35.3 Å². The highest BCUT2D eigenvalue weighted by Gasteiger charge is 2.27. The zero-order valence-corrected chi connectivity index (χ0v) is 19.2. The Morgan fingerprint density at radius 1 is 1.16 bits per heavy atom. The van der Waals surface area contributed by atoms with Crippen molar-refractivity contribution in [2.75, 3.05) is 59.5 Å². The normalized spacial score (nSPS) is 21.5. The lowest BCUT2D eigenvalue weighted by Gasteiger charge is -2.35. The molecule has 7 heteroatoms. The van der Waals surface area contributed by atoms with E-state index in [0.29, 0.717) is 38.9 Å². The van der Waals surface area contributed by atoms with Crippen molar-refractivity contribution in [3.63, 3.8) is 0 Å². The molecule has 0 saturated carbocycles. The molecular weight excluding hydrogens is 390 g/mol. The Hall–Kier alpha value is -2.12. The molecule has 2 unspecified atom stereocenters. The third kappa shape index (κ3) is 6.94. The number of benzene rings is 1. The molecule has 2 saturated heterocycles. The van der Waals surface area contributed by atoms with Crippen LogP contribution >= 0.6 is 0 Å². The summed E-state index contributed by atoms with van der Waals surface area (Å²) < 4.78 is 5.42. The van der Waals surface area contributed by atoms with Gasteiger partial charge in [0.15, 0.2) is 5.96 Å². The number of guanidine groups is 1. The van der Waals surface area contributed by atoms with Crippen LogP contribution in [-0.4, -0.2) is 87.2 Å². The van der Waals surface area contributed by atoms with Crippen LogP contribution in [0.1, 0.15) is 44.1 Å². The second kappa shape index (κ2) is 12.7. The van der Waals surface area contributed by atoms with Crippen molar-refractivity contribution in [3.05, 3.63) is 35.9 Å². The summed E-state index contributed by atoms with van der Waals surface area (Å²) in [5, 5.41) is 6.83. The maximum Gasteiger partial charge on any atom is 0.232 e. The van der Waals surface area contributed by atoms with Gasteiger partial charge < -0.3 is 20.3 Å². The summed E-state index contributed by atoms with van der Waals surface area (Å²) in [5.74, 6) is 0.654. The van der Waals surface area contributed by atoms with Crippen molar-refractivity contribution in [2.24, 2.45) is 4.99 Å². The first-order chi connectivity index (χ1) is 15.2. The molecule has 1 amide bonds. The molecule has 31 heavy (non-hydrogen) atoms. The van der Waals surface area contributed by atoms with E-state index in [1.54, 1.807) is 7.05 Å². The Labute approximate surface area is 187 Å². The van der Waals surface area contributed by atoms with Gasteiger partial charge in [-0.05, 0) is 31.4 Å². The monoisotopic (exact) mass is 429 g/mol. The number of hydrogen-bond donors (Lipinski definition) is 2. The van der Waals surface area contributed by atoms with Crippen LogP contribution in [0.5, 0.6) is 0 Å². The van der Waals surface area contributed by atoms with Crippen molar-refractivity contribution >= 4 is 11.9 Å². The quantitative estimate of drug-likeness (QED) is 0.489. The molecule has 7 nitrogen and oxygen atoms in total. The number of morpholine rings is 1. The van der Waals surface area contributed by atoms with Gasteiger partial charge in [-0.1, -0.05) is 43.7 Å². The van der Waals surface area contributed by atoms with Crippen LogP contribution in [0.25, 0.3) is 0 Å². The van der Waals surface area contributed by atoms with Gasteiger partial charge in [0.2, 0.25) is 5.91 Å². The third-order valence-electron chi connectivity index (χ3n) is 6.43. The van der Waals surface area contributed by atoms with Gasteiger partial charge in [0, 0.05) is 45.8 Å². The molecule has 1 aromatic carbocycles. The highest BCUT2D eigenvalue weighted by molar-refractivity contribution is 5.86. The van der Waals surface area contributed by atoms with Crippen LogP contribution in [0.2, 0.25) is 0 Å². The summed E-state index contributed by atoms with van der Waals surface area (Å²) in [6.45, 7) is 8.40. The Morgan fingerprint density at radius 2 is 1.94 bits per heavy atom. The number of ether oxygens (including phenoxy) is 1. The number of amides is 1. The number of piperidine rings is 1. The van der Waals surface area contributed by atoms with E-state index >= 15 is 0 Å². The second-order valence-corrected chi connectivity index (χ2v) is 8.37. The van der Waals surface area contributed by atoms with Gasteiger partial charge in [0.1, 0.15) is 0 Å². The Bertz CT molecular complexity index is 690. The first-order valence-corrected chi connectivity index (χ1v) is 11.8. The zero-order valence-electron chi connectivity index (χ0n) is 19.2. The predicted octanol–water partition coefficient (Wildman–Crippen LogP) is 2.06. The summed E-state index contributed by atoms with van der Waals surface area (Å²) in [5.41, 5.74) is 1.03. The van der Waals surface area contributed by atoms with Crippen LogP contribution in [0, 0.1) is 0 Å². The SMILES string of the molecule is CCC1CCCCN1CCNC(=NC)NCC(C(=O)N1CCOCC1)c1ccccc1. The minimum atomic E-state index is -0.246. The third-order valence-corrected chi connectivity index (χ3v) is 6.43. The molecule has 2 aliphatic heterocycles. The minimum Gasteiger partial charge on any atom is -0.378 e. The van der Waals surface area contributed by atoms with E-state index in [4.69, 9.17) is 4.74 Å². The van der Waals surface area contributed by atoms with Crippen LogP contribution in [0.3, 0.4) is 0 Å². The molecule has 0 radical (unpaired) electrons. The first-order valence-electron chi connectivity index (χ1n) is 11.8. The van der Waals surface area contributed by atoms with Gasteiger partial charge in [-0.2, -0.15) is 0 Å². The predicted molar refractivity (Wildman–Crippen MR) is 125 cm³/mol. The lowest BCUT2D eigenvalue weighted by molar-refractivity contribution is -0.136. The molecule has 2 heterocycles. The lowest BCUT2D eigenvalue weighted by atomic mass is 9.97. The number of nitrogens with zero attached hydrogens (tertiary/aromatic N) is 3. The number of nitrogens with one attached hydrogen (secondary N) is 2. The van der Waals surface area contributed by atoms with E-state index in [9.17, 15) is 4.79 Å². The van der Waals surface area contributed by atoms with Crippen molar-refractivity contribution < 1.29 is 9.53 Å². The number of aliphatic imine (C=N–C) groups is 1. The van der Waals surface area contributed by atoms with Crippen molar-refractivity contribution in [1.82, 2.24) is 20.4 Å². The molecule has 0 aromatic heterocycles. The molecule has 0 bridgehead atoms. The second-order valence-electron chi connectivity index (χ2n) is 8.37. The summed E-state index contributed by atoms with van der Waals surface area (Å²) in [4.78, 5) is 22.1. The average Bonchev–Trinajstić information content (AvgIpc) is 2.84. The molecule has 2 aliphatic rings. The first kappa shape index (κ1) is 23.5. The van der Waals surface area contributed by atoms with E-state index in [2.05, 4.69) is 27.4 Å². The molecule has 0 aliphatic carbocycles. The van der Waals surface area contributed by atoms with Crippen molar-refractivity contribution in [3.8, 4) is 0 Å². The summed E-state index contributed by atoms with van der Waals surface area (Å²) in [6, 6.07) is 10.7. The van der Waals surface area contributed by atoms with E-state index in [1.807, 2.05) is 35.2 Å². The van der Waals surface area contributed by atoms with Crippen LogP contribution in [-0.2, 0) is 9.53 Å². The van der Waals surface area contributed by atoms with Crippen molar-refractivity contribution in [1.29, 1.82) is 0 Å². The van der Waals surface area contributed by atoms with E-state index < -0.39 is 0 Å². The molecular formula is C24H39N5O2. The van der Waals surface area contributed by atoms with E-state index in [0.717, 1.165) is 24.6 Å². The van der Waals surface area contributed by atoms with Gasteiger partial charge >= 0.3 is 0 Å². The fourth-order valence-electron chi connectivity index (χ4n) is 4.59. The fraction of sp³-hybridized carbons (Fsp3) is 0.667. The molecule has 0 spiro atoms. The van der Waals surface area contributed by atoms with Crippen molar-refractivity contribution in [2.45, 2.75) is 44.6 Å². The maximum atomic E-state index is 13.3. The Morgan fingerprint density at radius 3 is 2.65 bits per heavy atom. The van der Waals surface area contributed by atoms with Gasteiger partial charge in [0.25, 0.3) is 0 Å². The summed E-state index contributed by atoms with van der Waals surface area (Å²) >= 11 is 0. The number of hydrogen-bond acceptors (Lipinski definition) is 4. The fourth-order valence-corrected chi connectivity index (χ4v) is 4.59. The molecule has 1 aromatic rings. The number of likely N-dealkylation sites (tertiary alicyclic amines) is 1. The molecule has 3 rings (SSSR count). The van der Waals surface area contributed by atoms with E-state index in [1.165, 1.54) is 32.2 Å². The minimum absolute atomic E-state index is 0.150. The standard InChI is InChI=1S/C24H39N5O2/c1-3-21-11-7-8-13-28(21)14-12-26-24(25-2)27-19-22(20-9-5-4-6-10-20)23(30)29-15-17-31-18-16-29/h4-6,9-10,21-22H,3,7-8,11-19H2,1-2H3,(H2,25,26,27). The average molecular weight is 430 g/mol. The largest absolute Gasteiger partial charge is 0.378 e. The van der Waals surface area contributed by atoms with Gasteiger partial charge in [-0.15, -0.1) is 0 Å². The summed E-state index contributed by atoms with van der Waals surface area (Å²) in [6.07, 6.45) is 5.18. The summed E-state index contributed by atoms with van der Waals surface area (Å²) in [7, 11) is 1.78. The zero-order chi connectivity index (χ0) is 21.9. The van der Waals surface area contributed by atoms with Crippen LogP contribution < -0.4 is 10.6 Å². The number of carbonyl (C=O) groups excluding carboxylic acids is 1. The molecule has 2 atom stereocenters. The van der Waals surface area contributed by atoms with Gasteiger partial charge in [-0.3, -0.25) is 14.7 Å². The smallest absolute Gasteiger partial charge is 0.232 e. The molecule has 172 valence electrons.